The number of aryl methyl sites for hydroxylation is 1. The molecule has 2 aliphatic rings. The lowest BCUT2D eigenvalue weighted by molar-refractivity contribution is -0.118. The Morgan fingerprint density at radius 2 is 2.17 bits per heavy atom. The van der Waals surface area contributed by atoms with Crippen LogP contribution >= 0.6 is 0 Å². The van der Waals surface area contributed by atoms with Crippen LogP contribution in [0.5, 0.6) is 0 Å². The van der Waals surface area contributed by atoms with Gasteiger partial charge in [0.15, 0.2) is 0 Å². The number of amides is 1. The van der Waals surface area contributed by atoms with Crippen LogP contribution < -0.4 is 11.1 Å². The van der Waals surface area contributed by atoms with Gasteiger partial charge in [-0.1, -0.05) is 0 Å². The van der Waals surface area contributed by atoms with Gasteiger partial charge in [-0.2, -0.15) is 5.26 Å². The fourth-order valence-electron chi connectivity index (χ4n) is 4.73. The maximum absolute atomic E-state index is 12.7. The molecular formula is C22H20N6O. The third-order valence-electron chi connectivity index (χ3n) is 6.28. The Labute approximate surface area is 168 Å². The molecule has 0 radical (unpaired) electrons. The van der Waals surface area contributed by atoms with Crippen LogP contribution in [-0.2, 0) is 4.79 Å². The first kappa shape index (κ1) is 17.6. The molecule has 0 spiro atoms. The van der Waals surface area contributed by atoms with E-state index in [1.165, 1.54) is 0 Å². The van der Waals surface area contributed by atoms with Gasteiger partial charge in [-0.15, -0.1) is 0 Å². The van der Waals surface area contributed by atoms with Crippen molar-refractivity contribution in [2.45, 2.75) is 19.8 Å². The van der Waals surface area contributed by atoms with E-state index in [-0.39, 0.29) is 23.7 Å². The van der Waals surface area contributed by atoms with Gasteiger partial charge in [-0.3, -0.25) is 9.78 Å². The SMILES string of the molecule is Cc1ccncc1-c1cc2cc(NC(=O)C3C4CCC(C#N)C43)ncc2c(N)n1. The lowest BCUT2D eigenvalue weighted by Gasteiger charge is -2.11. The highest BCUT2D eigenvalue weighted by Gasteiger charge is 2.61. The number of rotatable bonds is 3. The first-order chi connectivity index (χ1) is 14.1. The third kappa shape index (κ3) is 2.88. The fraction of sp³-hybridized carbons (Fsp3) is 0.318. The topological polar surface area (TPSA) is 118 Å². The zero-order chi connectivity index (χ0) is 20.1. The summed E-state index contributed by atoms with van der Waals surface area (Å²) >= 11 is 0. The predicted octanol–water partition coefficient (Wildman–Crippen LogP) is 3.32. The van der Waals surface area contributed by atoms with Gasteiger partial charge >= 0.3 is 0 Å². The second-order valence-corrected chi connectivity index (χ2v) is 7.94. The number of carbonyl (C=O) groups excluding carboxylic acids is 1. The summed E-state index contributed by atoms with van der Waals surface area (Å²) in [6, 6.07) is 8.02. The lowest BCUT2D eigenvalue weighted by atomic mass is 10.0. The zero-order valence-electron chi connectivity index (χ0n) is 16.0. The van der Waals surface area contributed by atoms with Crippen molar-refractivity contribution in [2.75, 3.05) is 11.1 Å². The van der Waals surface area contributed by atoms with Crippen LogP contribution in [0.15, 0.2) is 36.8 Å². The molecule has 2 saturated carbocycles. The average Bonchev–Trinajstić information content (AvgIpc) is 3.28. The van der Waals surface area contributed by atoms with E-state index in [0.717, 1.165) is 40.4 Å². The molecule has 144 valence electrons. The predicted molar refractivity (Wildman–Crippen MR) is 109 cm³/mol. The molecule has 4 atom stereocenters. The molecule has 1 amide bonds. The Kier molecular flexibility index (Phi) is 3.95. The number of aromatic nitrogens is 3. The number of fused-ring (bicyclic) bond motifs is 2. The Bertz CT molecular complexity index is 1180. The van der Waals surface area contributed by atoms with E-state index in [4.69, 9.17) is 5.73 Å². The quantitative estimate of drug-likeness (QED) is 0.715. The molecule has 29 heavy (non-hydrogen) atoms. The summed E-state index contributed by atoms with van der Waals surface area (Å²) in [6.45, 7) is 2.00. The summed E-state index contributed by atoms with van der Waals surface area (Å²) in [6.07, 6.45) is 7.02. The molecule has 7 nitrogen and oxygen atoms in total. The van der Waals surface area contributed by atoms with Crippen LogP contribution in [0.4, 0.5) is 11.6 Å². The maximum atomic E-state index is 12.7. The van der Waals surface area contributed by atoms with Crippen LogP contribution in [0.2, 0.25) is 0 Å². The van der Waals surface area contributed by atoms with Crippen LogP contribution in [0.1, 0.15) is 18.4 Å². The van der Waals surface area contributed by atoms with E-state index < -0.39 is 0 Å². The highest BCUT2D eigenvalue weighted by molar-refractivity contribution is 5.98. The van der Waals surface area contributed by atoms with Crippen LogP contribution in [-0.4, -0.2) is 20.9 Å². The zero-order valence-corrected chi connectivity index (χ0v) is 16.0. The Hall–Kier alpha value is -3.53. The van der Waals surface area contributed by atoms with Gasteiger partial charge < -0.3 is 11.1 Å². The first-order valence-electron chi connectivity index (χ1n) is 9.74. The third-order valence-corrected chi connectivity index (χ3v) is 6.28. The molecule has 3 N–H and O–H groups in total. The largest absolute Gasteiger partial charge is 0.383 e. The molecule has 2 fully saturated rings. The smallest absolute Gasteiger partial charge is 0.229 e. The van der Waals surface area contributed by atoms with Gasteiger partial charge in [-0.25, -0.2) is 9.97 Å². The summed E-state index contributed by atoms with van der Waals surface area (Å²) in [5.41, 5.74) is 8.86. The van der Waals surface area contributed by atoms with Crippen molar-refractivity contribution in [3.05, 3.63) is 42.4 Å². The Morgan fingerprint density at radius 3 is 2.97 bits per heavy atom. The average molecular weight is 384 g/mol. The molecule has 3 heterocycles. The highest BCUT2D eigenvalue weighted by atomic mass is 16.2. The summed E-state index contributed by atoms with van der Waals surface area (Å²) in [7, 11) is 0. The Balaban J connectivity index is 1.44. The van der Waals surface area contributed by atoms with Gasteiger partial charge in [0.05, 0.1) is 17.7 Å². The Morgan fingerprint density at radius 1 is 1.31 bits per heavy atom. The van der Waals surface area contributed by atoms with E-state index in [0.29, 0.717) is 17.6 Å². The lowest BCUT2D eigenvalue weighted by Crippen LogP contribution is -2.19. The number of carbonyl (C=O) groups is 1. The molecule has 2 aliphatic carbocycles. The van der Waals surface area contributed by atoms with E-state index >= 15 is 0 Å². The van der Waals surface area contributed by atoms with Crippen molar-refractivity contribution in [1.82, 2.24) is 15.0 Å². The first-order valence-corrected chi connectivity index (χ1v) is 9.74. The number of pyridine rings is 3. The number of nitrogen functional groups attached to an aromatic ring is 1. The van der Waals surface area contributed by atoms with Crippen molar-refractivity contribution in [3.8, 4) is 17.3 Å². The summed E-state index contributed by atoms with van der Waals surface area (Å²) in [5.74, 6) is 1.33. The van der Waals surface area contributed by atoms with Gasteiger partial charge in [0.2, 0.25) is 5.91 Å². The number of nitrogens with two attached hydrogens (primary N) is 1. The molecule has 0 saturated heterocycles. The summed E-state index contributed by atoms with van der Waals surface area (Å²) in [5, 5.41) is 13.7. The van der Waals surface area contributed by atoms with Gasteiger partial charge in [0.1, 0.15) is 11.6 Å². The molecule has 4 unspecified atom stereocenters. The minimum absolute atomic E-state index is 0.0106. The van der Waals surface area contributed by atoms with Crippen molar-refractivity contribution < 1.29 is 4.79 Å². The number of hydrogen-bond acceptors (Lipinski definition) is 6. The van der Waals surface area contributed by atoms with E-state index in [9.17, 15) is 10.1 Å². The van der Waals surface area contributed by atoms with Crippen LogP contribution in [0.3, 0.4) is 0 Å². The maximum Gasteiger partial charge on any atom is 0.229 e. The number of nitrogens with one attached hydrogen (secondary N) is 1. The molecule has 7 heteroatoms. The molecule has 5 rings (SSSR count). The second kappa shape index (κ2) is 6.52. The fourth-order valence-corrected chi connectivity index (χ4v) is 4.73. The molecule has 0 aromatic carbocycles. The number of nitrogens with zero attached hydrogens (tertiary/aromatic N) is 4. The van der Waals surface area contributed by atoms with Crippen LogP contribution in [0.25, 0.3) is 22.0 Å². The highest BCUT2D eigenvalue weighted by Crippen LogP contribution is 2.60. The normalized spacial score (nSPS) is 24.7. The van der Waals surface area contributed by atoms with Crippen molar-refractivity contribution in [2.24, 2.45) is 23.7 Å². The monoisotopic (exact) mass is 384 g/mol. The van der Waals surface area contributed by atoms with E-state index in [1.807, 2.05) is 25.1 Å². The molecule has 0 bridgehead atoms. The summed E-state index contributed by atoms with van der Waals surface area (Å²) in [4.78, 5) is 25.7. The minimum Gasteiger partial charge on any atom is -0.383 e. The van der Waals surface area contributed by atoms with Gasteiger partial charge in [0.25, 0.3) is 0 Å². The minimum atomic E-state index is -0.0676. The molecular weight excluding hydrogens is 364 g/mol. The van der Waals surface area contributed by atoms with Crippen LogP contribution in [0, 0.1) is 41.9 Å². The van der Waals surface area contributed by atoms with Crippen molar-refractivity contribution in [1.29, 1.82) is 5.26 Å². The van der Waals surface area contributed by atoms with Gasteiger partial charge in [-0.05, 0) is 60.7 Å². The number of hydrogen-bond donors (Lipinski definition) is 2. The standard InChI is InChI=1S/C22H20N6O/c1-11-4-5-25-9-15(11)17-6-13-7-18(26-10-16(13)21(24)27-17)28-22(29)20-14-3-2-12(8-23)19(14)20/h4-7,9-10,12,14,19-20H,2-3H2,1H3,(H2,24,27)(H,26,28,29). The number of anilines is 2. The van der Waals surface area contributed by atoms with Gasteiger partial charge in [0, 0.05) is 35.5 Å². The number of nitriles is 1. The van der Waals surface area contributed by atoms with E-state index in [1.54, 1.807) is 18.6 Å². The molecule has 3 aromatic rings. The van der Waals surface area contributed by atoms with E-state index in [2.05, 4.69) is 26.3 Å². The van der Waals surface area contributed by atoms with Crippen molar-refractivity contribution in [3.63, 3.8) is 0 Å². The molecule has 3 aromatic heterocycles. The van der Waals surface area contributed by atoms with Crippen molar-refractivity contribution >= 4 is 28.3 Å². The second-order valence-electron chi connectivity index (χ2n) is 7.94. The summed E-state index contributed by atoms with van der Waals surface area (Å²) < 4.78 is 0. The molecule has 0 aliphatic heterocycles.